The fourth-order valence-electron chi connectivity index (χ4n) is 6.14. The van der Waals surface area contributed by atoms with E-state index in [1.165, 1.54) is 18.2 Å². The first-order valence-corrected chi connectivity index (χ1v) is 16.0. The molecule has 6 rings (SSSR count). The van der Waals surface area contributed by atoms with Crippen LogP contribution in [0.15, 0.2) is 59.5 Å². The highest BCUT2D eigenvalue weighted by atomic mass is 32.2. The first-order valence-electron chi connectivity index (χ1n) is 14.6. The van der Waals surface area contributed by atoms with Crippen LogP contribution in [-0.2, 0) is 32.2 Å². The van der Waals surface area contributed by atoms with E-state index in [0.29, 0.717) is 35.3 Å². The number of halogens is 2. The summed E-state index contributed by atoms with van der Waals surface area (Å²) in [7, 11) is -4.60. The number of ether oxygens (including phenoxy) is 2. The predicted octanol–water partition coefficient (Wildman–Crippen LogP) is 6.40. The highest BCUT2D eigenvalue weighted by Gasteiger charge is 2.53. The number of nitrogens with zero attached hydrogens (tertiary/aromatic N) is 1. The molecule has 0 unspecified atom stereocenters. The van der Waals surface area contributed by atoms with E-state index in [9.17, 15) is 31.7 Å². The van der Waals surface area contributed by atoms with Gasteiger partial charge in [-0.05, 0) is 80.3 Å². The van der Waals surface area contributed by atoms with Crippen LogP contribution in [0.1, 0.15) is 62.9 Å². The Bertz CT molecular complexity index is 1970. The number of aryl methyl sites for hydroxylation is 1. The number of nitrogens with one attached hydrogen (secondary N) is 1. The fourth-order valence-corrected chi connectivity index (χ4v) is 6.87. The summed E-state index contributed by atoms with van der Waals surface area (Å²) in [6.45, 7) is 9.46. The van der Waals surface area contributed by atoms with Gasteiger partial charge < -0.3 is 24.5 Å². The molecule has 2 aliphatic rings. The molecule has 3 aromatic carbocycles. The van der Waals surface area contributed by atoms with E-state index in [1.807, 2.05) is 50.5 Å². The second-order valence-electron chi connectivity index (χ2n) is 13.0. The number of aliphatic hydroxyl groups is 1. The second-order valence-corrected chi connectivity index (χ2v) is 14.4. The first-order chi connectivity index (χ1) is 20.9. The topological polar surface area (TPSA) is 127 Å². The Kier molecular flexibility index (Phi) is 7.07. The second kappa shape index (κ2) is 10.3. The summed E-state index contributed by atoms with van der Waals surface area (Å²) in [6.07, 6.45) is -3.57. The van der Waals surface area contributed by atoms with Gasteiger partial charge in [0, 0.05) is 34.2 Å². The predicted molar refractivity (Wildman–Crippen MR) is 164 cm³/mol. The number of anilines is 1. The molecule has 2 heterocycles. The maximum atomic E-state index is 13.6. The Balaban J connectivity index is 1.41. The number of benzene rings is 3. The number of carbonyl (C=O) groups excluding carboxylic acids is 1. The van der Waals surface area contributed by atoms with Crippen LogP contribution in [0.3, 0.4) is 0 Å². The number of amides is 1. The molecule has 12 heteroatoms. The minimum atomic E-state index is -4.60. The van der Waals surface area contributed by atoms with Crippen molar-refractivity contribution in [2.75, 3.05) is 5.32 Å². The molecule has 1 fully saturated rings. The first kappa shape index (κ1) is 31.0. The third-order valence-electron chi connectivity index (χ3n) is 8.41. The zero-order chi connectivity index (χ0) is 32.7. The lowest BCUT2D eigenvalue weighted by molar-refractivity contribution is -0.286. The van der Waals surface area contributed by atoms with Crippen LogP contribution < -0.4 is 14.8 Å². The third-order valence-corrected chi connectivity index (χ3v) is 9.35. The number of hydrogen-bond donors (Lipinski definition) is 3. The number of hydrogen-bond acceptors (Lipinski definition) is 6. The zero-order valence-electron chi connectivity index (χ0n) is 25.4. The van der Waals surface area contributed by atoms with Crippen molar-refractivity contribution in [2.45, 2.75) is 82.0 Å². The molecule has 1 aromatic heterocycles. The summed E-state index contributed by atoms with van der Waals surface area (Å²) in [5.41, 5.74) is 2.94. The van der Waals surface area contributed by atoms with Crippen molar-refractivity contribution in [3.63, 3.8) is 0 Å². The largest absolute Gasteiger partial charge is 0.586 e. The van der Waals surface area contributed by atoms with E-state index in [0.717, 1.165) is 22.2 Å². The molecule has 3 N–H and O–H groups in total. The van der Waals surface area contributed by atoms with Gasteiger partial charge in [0.15, 0.2) is 11.5 Å². The average molecular weight is 641 g/mol. The Labute approximate surface area is 259 Å². The van der Waals surface area contributed by atoms with Gasteiger partial charge in [0.1, 0.15) is 0 Å². The van der Waals surface area contributed by atoms with Crippen LogP contribution in [0.25, 0.3) is 16.6 Å². The van der Waals surface area contributed by atoms with Gasteiger partial charge in [-0.3, -0.25) is 9.35 Å². The van der Waals surface area contributed by atoms with E-state index >= 15 is 0 Å². The van der Waals surface area contributed by atoms with Crippen molar-refractivity contribution in [3.05, 3.63) is 77.0 Å². The third kappa shape index (κ3) is 5.55. The Hall–Kier alpha value is -4.00. The summed E-state index contributed by atoms with van der Waals surface area (Å²) in [5, 5.41) is 14.1. The van der Waals surface area contributed by atoms with Gasteiger partial charge in [0.25, 0.3) is 10.1 Å². The summed E-state index contributed by atoms with van der Waals surface area (Å²) in [4.78, 5) is 13.3. The standard InChI is InChI=1S/C33H34F2N2O7S/c1-18-6-11-27(45(40,41)42)23(14-19(2)38)29(18)37-24-9-8-22(15-20(24)16-28(37)31(3,4)5)36-30(39)32(12-13-32)21-7-10-25-26(17-21)44-33(34,35)43-25/h6-11,15-17,19,38H,12-14H2,1-5H3,(H,36,39)(H,40,41,42)/t19-/m1/s1. The molecular weight excluding hydrogens is 606 g/mol. The van der Waals surface area contributed by atoms with Crippen LogP contribution in [0, 0.1) is 6.92 Å². The molecule has 1 saturated carbocycles. The van der Waals surface area contributed by atoms with E-state index in [2.05, 4.69) is 14.8 Å². The molecule has 1 amide bonds. The average Bonchev–Trinajstić information content (AvgIpc) is 3.54. The molecular formula is C33H34F2N2O7S. The number of aliphatic hydroxyl groups excluding tert-OH is 1. The van der Waals surface area contributed by atoms with E-state index in [-0.39, 0.29) is 28.7 Å². The molecule has 1 aliphatic heterocycles. The SMILES string of the molecule is Cc1ccc(S(=O)(=O)O)c(C[C@@H](C)O)c1-n1c(C(C)(C)C)cc2cc(NC(=O)C3(c4ccc5c(c4)OC(F)(F)O5)CC3)ccc21. The maximum Gasteiger partial charge on any atom is 0.586 e. The minimum absolute atomic E-state index is 0.0108. The van der Waals surface area contributed by atoms with Gasteiger partial charge in [-0.15, -0.1) is 8.78 Å². The number of carbonyl (C=O) groups is 1. The van der Waals surface area contributed by atoms with Crippen LogP contribution >= 0.6 is 0 Å². The van der Waals surface area contributed by atoms with Crippen molar-refractivity contribution in [2.24, 2.45) is 0 Å². The molecule has 1 aliphatic carbocycles. The lowest BCUT2D eigenvalue weighted by Crippen LogP contribution is -2.27. The lowest BCUT2D eigenvalue weighted by atomic mass is 9.91. The normalized spacial score (nSPS) is 17.4. The monoisotopic (exact) mass is 640 g/mol. The van der Waals surface area contributed by atoms with Crippen molar-refractivity contribution in [1.29, 1.82) is 0 Å². The number of fused-ring (bicyclic) bond motifs is 2. The molecule has 9 nitrogen and oxygen atoms in total. The molecule has 1 atom stereocenters. The fraction of sp³-hybridized carbons (Fsp3) is 0.364. The van der Waals surface area contributed by atoms with Crippen LogP contribution in [-0.4, -0.2) is 40.9 Å². The van der Waals surface area contributed by atoms with Crippen LogP contribution in [0.4, 0.5) is 14.5 Å². The van der Waals surface area contributed by atoms with Gasteiger partial charge in [0.2, 0.25) is 5.91 Å². The molecule has 0 spiro atoms. The Morgan fingerprint density at radius 1 is 1.04 bits per heavy atom. The van der Waals surface area contributed by atoms with Crippen LogP contribution in [0.2, 0.25) is 0 Å². The Morgan fingerprint density at radius 2 is 1.73 bits per heavy atom. The van der Waals surface area contributed by atoms with Gasteiger partial charge in [-0.25, -0.2) is 0 Å². The molecule has 0 bridgehead atoms. The van der Waals surface area contributed by atoms with Gasteiger partial charge in [0.05, 0.1) is 27.6 Å². The molecule has 238 valence electrons. The van der Waals surface area contributed by atoms with Crippen LogP contribution in [0.5, 0.6) is 11.5 Å². The van der Waals surface area contributed by atoms with E-state index in [1.54, 1.807) is 25.1 Å². The molecule has 0 saturated heterocycles. The van der Waals surface area contributed by atoms with Crippen molar-refractivity contribution >= 4 is 32.6 Å². The minimum Gasteiger partial charge on any atom is -0.395 e. The van der Waals surface area contributed by atoms with Crippen molar-refractivity contribution in [3.8, 4) is 17.2 Å². The Morgan fingerprint density at radius 3 is 2.36 bits per heavy atom. The highest BCUT2D eigenvalue weighted by molar-refractivity contribution is 7.85. The smallest absolute Gasteiger partial charge is 0.395 e. The van der Waals surface area contributed by atoms with Crippen molar-refractivity contribution in [1.82, 2.24) is 4.57 Å². The van der Waals surface area contributed by atoms with Gasteiger partial charge in [-0.2, -0.15) is 8.42 Å². The summed E-state index contributed by atoms with van der Waals surface area (Å²) < 4.78 is 73.1. The highest BCUT2D eigenvalue weighted by Crippen LogP contribution is 2.52. The number of alkyl halides is 2. The quantitative estimate of drug-likeness (QED) is 0.200. The molecule has 4 aromatic rings. The summed E-state index contributed by atoms with van der Waals surface area (Å²) >= 11 is 0. The maximum absolute atomic E-state index is 13.6. The lowest BCUT2D eigenvalue weighted by Gasteiger charge is -2.26. The summed E-state index contributed by atoms with van der Waals surface area (Å²) in [5.74, 6) is -0.477. The van der Waals surface area contributed by atoms with E-state index in [4.69, 9.17) is 0 Å². The summed E-state index contributed by atoms with van der Waals surface area (Å²) in [6, 6.07) is 14.8. The number of rotatable bonds is 7. The molecule has 0 radical (unpaired) electrons. The molecule has 45 heavy (non-hydrogen) atoms. The van der Waals surface area contributed by atoms with E-state index < -0.39 is 33.3 Å². The van der Waals surface area contributed by atoms with Gasteiger partial charge >= 0.3 is 6.29 Å². The van der Waals surface area contributed by atoms with Gasteiger partial charge in [-0.1, -0.05) is 32.9 Å². The number of aromatic nitrogens is 1. The zero-order valence-corrected chi connectivity index (χ0v) is 26.3. The van der Waals surface area contributed by atoms with Crippen molar-refractivity contribution < 1.29 is 41.1 Å².